The van der Waals surface area contributed by atoms with E-state index < -0.39 is 18.0 Å². The van der Waals surface area contributed by atoms with Gasteiger partial charge in [-0.2, -0.15) is 0 Å². The SMILES string of the molecule is CCOC(=O)CC(NCCCl)C(=O)OCC. The Hall–Kier alpha value is -0.810. The highest BCUT2D eigenvalue weighted by Gasteiger charge is 2.22. The largest absolute Gasteiger partial charge is 0.466 e. The molecular weight excluding hydrogens is 234 g/mol. The molecule has 0 aromatic heterocycles. The Bertz CT molecular complexity index is 223. The van der Waals surface area contributed by atoms with Crippen LogP contribution in [-0.4, -0.2) is 43.6 Å². The van der Waals surface area contributed by atoms with Gasteiger partial charge in [0.25, 0.3) is 0 Å². The van der Waals surface area contributed by atoms with E-state index in [4.69, 9.17) is 21.1 Å². The van der Waals surface area contributed by atoms with Gasteiger partial charge in [0.05, 0.1) is 19.6 Å². The molecule has 0 radical (unpaired) electrons. The number of hydrogen-bond donors (Lipinski definition) is 1. The number of carbonyl (C=O) groups is 2. The fourth-order valence-electron chi connectivity index (χ4n) is 1.10. The third-order valence-electron chi connectivity index (χ3n) is 1.73. The van der Waals surface area contributed by atoms with E-state index in [-0.39, 0.29) is 13.0 Å². The Morgan fingerprint density at radius 3 is 2.38 bits per heavy atom. The van der Waals surface area contributed by atoms with Crippen molar-refractivity contribution in [2.45, 2.75) is 26.3 Å². The molecule has 0 aromatic rings. The molecule has 0 amide bonds. The summed E-state index contributed by atoms with van der Waals surface area (Å²) in [6, 6.07) is -0.683. The van der Waals surface area contributed by atoms with Gasteiger partial charge in [-0.05, 0) is 13.8 Å². The van der Waals surface area contributed by atoms with E-state index in [0.29, 0.717) is 19.0 Å². The second-order valence-electron chi connectivity index (χ2n) is 2.96. The summed E-state index contributed by atoms with van der Waals surface area (Å²) in [5, 5.41) is 2.84. The Morgan fingerprint density at radius 2 is 1.88 bits per heavy atom. The highest BCUT2D eigenvalue weighted by molar-refractivity contribution is 6.18. The third kappa shape index (κ3) is 6.63. The second kappa shape index (κ2) is 9.42. The minimum Gasteiger partial charge on any atom is -0.466 e. The summed E-state index contributed by atoms with van der Waals surface area (Å²) in [4.78, 5) is 22.7. The average molecular weight is 252 g/mol. The first kappa shape index (κ1) is 15.2. The lowest BCUT2D eigenvalue weighted by molar-refractivity contribution is -0.152. The predicted octanol–water partition coefficient (Wildman–Crippen LogP) is 0.700. The van der Waals surface area contributed by atoms with Crippen LogP contribution in [0.2, 0.25) is 0 Å². The van der Waals surface area contributed by atoms with E-state index in [1.165, 1.54) is 0 Å². The van der Waals surface area contributed by atoms with E-state index in [1.54, 1.807) is 13.8 Å². The number of hydrogen-bond acceptors (Lipinski definition) is 5. The number of rotatable bonds is 8. The fraction of sp³-hybridized carbons (Fsp3) is 0.800. The molecule has 0 rings (SSSR count). The normalized spacial score (nSPS) is 11.9. The van der Waals surface area contributed by atoms with Crippen molar-refractivity contribution in [3.8, 4) is 0 Å². The highest BCUT2D eigenvalue weighted by Crippen LogP contribution is 1.99. The first-order valence-electron chi connectivity index (χ1n) is 5.27. The minimum atomic E-state index is -0.683. The molecule has 0 saturated heterocycles. The first-order chi connectivity index (χ1) is 7.65. The van der Waals surface area contributed by atoms with Gasteiger partial charge in [0.1, 0.15) is 6.04 Å². The summed E-state index contributed by atoms with van der Waals surface area (Å²) in [5.74, 6) is -0.526. The number of alkyl halides is 1. The average Bonchev–Trinajstić information content (AvgIpc) is 2.24. The van der Waals surface area contributed by atoms with Crippen LogP contribution in [0.5, 0.6) is 0 Å². The zero-order valence-corrected chi connectivity index (χ0v) is 10.4. The molecule has 5 nitrogen and oxygen atoms in total. The molecular formula is C10H18ClNO4. The molecule has 6 heteroatoms. The van der Waals surface area contributed by atoms with E-state index in [0.717, 1.165) is 0 Å². The first-order valence-corrected chi connectivity index (χ1v) is 5.80. The second-order valence-corrected chi connectivity index (χ2v) is 3.33. The summed E-state index contributed by atoms with van der Waals surface area (Å²) in [6.45, 7) is 4.43. The summed E-state index contributed by atoms with van der Waals surface area (Å²) >= 11 is 5.49. The lowest BCUT2D eigenvalue weighted by atomic mass is 10.2. The molecule has 0 aliphatic rings. The lowest BCUT2D eigenvalue weighted by Crippen LogP contribution is -2.41. The molecule has 0 fully saturated rings. The minimum absolute atomic E-state index is 0.0381. The maximum atomic E-state index is 11.5. The van der Waals surface area contributed by atoms with Crippen LogP contribution in [0.1, 0.15) is 20.3 Å². The van der Waals surface area contributed by atoms with Gasteiger partial charge in [-0.15, -0.1) is 11.6 Å². The number of nitrogens with one attached hydrogen (secondary N) is 1. The summed E-state index contributed by atoms with van der Waals surface area (Å²) < 4.78 is 9.59. The fourth-order valence-corrected chi connectivity index (χ4v) is 1.21. The van der Waals surface area contributed by atoms with Gasteiger partial charge in [-0.25, -0.2) is 0 Å². The standard InChI is InChI=1S/C10H18ClNO4/c1-3-15-9(13)7-8(12-6-5-11)10(14)16-4-2/h8,12H,3-7H2,1-2H3. The van der Waals surface area contributed by atoms with Gasteiger partial charge in [0.2, 0.25) is 0 Å². The quantitative estimate of drug-likeness (QED) is 0.508. The van der Waals surface area contributed by atoms with Crippen LogP contribution in [0.25, 0.3) is 0 Å². The summed E-state index contributed by atoms with van der Waals surface area (Å²) in [5.41, 5.74) is 0. The van der Waals surface area contributed by atoms with Gasteiger partial charge < -0.3 is 14.8 Å². The third-order valence-corrected chi connectivity index (χ3v) is 1.92. The van der Waals surface area contributed by atoms with E-state index in [2.05, 4.69) is 5.32 Å². The lowest BCUT2D eigenvalue weighted by Gasteiger charge is -2.15. The predicted molar refractivity (Wildman–Crippen MR) is 60.4 cm³/mol. The van der Waals surface area contributed by atoms with Crippen LogP contribution >= 0.6 is 11.6 Å². The molecule has 0 aliphatic carbocycles. The molecule has 1 N–H and O–H groups in total. The maximum absolute atomic E-state index is 11.5. The number of esters is 2. The van der Waals surface area contributed by atoms with Crippen molar-refractivity contribution in [1.82, 2.24) is 5.32 Å². The van der Waals surface area contributed by atoms with Crippen LogP contribution in [0.15, 0.2) is 0 Å². The highest BCUT2D eigenvalue weighted by atomic mass is 35.5. The Morgan fingerprint density at radius 1 is 1.25 bits per heavy atom. The maximum Gasteiger partial charge on any atom is 0.323 e. The molecule has 0 aromatic carbocycles. The summed E-state index contributed by atoms with van der Waals surface area (Å²) in [6.07, 6.45) is -0.0381. The zero-order valence-electron chi connectivity index (χ0n) is 9.62. The van der Waals surface area contributed by atoms with Crippen molar-refractivity contribution in [2.75, 3.05) is 25.6 Å². The molecule has 1 unspecified atom stereocenters. The van der Waals surface area contributed by atoms with Crippen molar-refractivity contribution >= 4 is 23.5 Å². The molecule has 0 aliphatic heterocycles. The topological polar surface area (TPSA) is 64.6 Å². The monoisotopic (exact) mass is 251 g/mol. The van der Waals surface area contributed by atoms with E-state index >= 15 is 0 Å². The molecule has 0 saturated carbocycles. The van der Waals surface area contributed by atoms with Crippen LogP contribution in [-0.2, 0) is 19.1 Å². The molecule has 94 valence electrons. The Labute approximate surface area is 100 Å². The van der Waals surface area contributed by atoms with Gasteiger partial charge in [0.15, 0.2) is 0 Å². The van der Waals surface area contributed by atoms with Crippen LogP contribution in [0, 0.1) is 0 Å². The zero-order chi connectivity index (χ0) is 12.4. The van der Waals surface area contributed by atoms with Gasteiger partial charge in [-0.1, -0.05) is 0 Å². The smallest absolute Gasteiger partial charge is 0.323 e. The van der Waals surface area contributed by atoms with Crippen LogP contribution in [0.3, 0.4) is 0 Å². The molecule has 1 atom stereocenters. The van der Waals surface area contributed by atoms with E-state index in [9.17, 15) is 9.59 Å². The molecule has 0 spiro atoms. The van der Waals surface area contributed by atoms with Crippen molar-refractivity contribution < 1.29 is 19.1 Å². The van der Waals surface area contributed by atoms with Crippen molar-refractivity contribution in [3.63, 3.8) is 0 Å². The number of carbonyl (C=O) groups excluding carboxylic acids is 2. The van der Waals surface area contributed by atoms with Crippen molar-refractivity contribution in [2.24, 2.45) is 0 Å². The van der Waals surface area contributed by atoms with E-state index in [1.807, 2.05) is 0 Å². The van der Waals surface area contributed by atoms with Crippen LogP contribution in [0.4, 0.5) is 0 Å². The molecule has 16 heavy (non-hydrogen) atoms. The van der Waals surface area contributed by atoms with Crippen molar-refractivity contribution in [1.29, 1.82) is 0 Å². The van der Waals surface area contributed by atoms with Gasteiger partial charge in [0, 0.05) is 12.4 Å². The number of ether oxygens (including phenoxy) is 2. The molecule has 0 bridgehead atoms. The van der Waals surface area contributed by atoms with Crippen molar-refractivity contribution in [3.05, 3.63) is 0 Å². The summed E-state index contributed by atoms with van der Waals surface area (Å²) in [7, 11) is 0. The Balaban J connectivity index is 4.18. The number of halogens is 1. The van der Waals surface area contributed by atoms with Gasteiger partial charge >= 0.3 is 11.9 Å². The van der Waals surface area contributed by atoms with Crippen LogP contribution < -0.4 is 5.32 Å². The van der Waals surface area contributed by atoms with Gasteiger partial charge in [-0.3, -0.25) is 9.59 Å². The molecule has 0 heterocycles. The Kier molecular flexibility index (Phi) is 8.94.